The fraction of sp³-hybridized carbons (Fsp3) is 0.200. The van der Waals surface area contributed by atoms with Gasteiger partial charge in [-0.1, -0.05) is 0 Å². The van der Waals surface area contributed by atoms with Crippen molar-refractivity contribution in [2.24, 2.45) is 0 Å². The number of aromatic amines is 1. The molecule has 2 heterocycles. The van der Waals surface area contributed by atoms with Gasteiger partial charge in [0.05, 0.1) is 36.5 Å². The highest BCUT2D eigenvalue weighted by atomic mass is 32.2. The SMILES string of the molecule is COc1ccc(NC(=O)c2cn[nH]c2-c2ccc3c(c2)OCCO3)cc1NS(C)(=O)=O. The van der Waals surface area contributed by atoms with Crippen LogP contribution in [0.4, 0.5) is 11.4 Å². The molecule has 0 radical (unpaired) electrons. The predicted octanol–water partition coefficient (Wildman–Crippen LogP) is 2.48. The largest absolute Gasteiger partial charge is 0.495 e. The quantitative estimate of drug-likeness (QED) is 0.532. The summed E-state index contributed by atoms with van der Waals surface area (Å²) in [7, 11) is -2.11. The molecule has 1 aromatic heterocycles. The van der Waals surface area contributed by atoms with Crippen molar-refractivity contribution in [1.82, 2.24) is 10.2 Å². The fourth-order valence-corrected chi connectivity index (χ4v) is 3.70. The number of sulfonamides is 1. The van der Waals surface area contributed by atoms with Crippen molar-refractivity contribution in [3.63, 3.8) is 0 Å². The summed E-state index contributed by atoms with van der Waals surface area (Å²) in [6, 6.07) is 9.99. The average molecular weight is 444 g/mol. The van der Waals surface area contributed by atoms with Crippen LogP contribution in [0.1, 0.15) is 10.4 Å². The molecule has 0 saturated heterocycles. The lowest BCUT2D eigenvalue weighted by Crippen LogP contribution is -2.15. The lowest BCUT2D eigenvalue weighted by molar-refractivity contribution is 0.102. The third kappa shape index (κ3) is 4.56. The van der Waals surface area contributed by atoms with Crippen molar-refractivity contribution in [2.75, 3.05) is 36.6 Å². The minimum absolute atomic E-state index is 0.210. The maximum absolute atomic E-state index is 12.9. The van der Waals surface area contributed by atoms with Gasteiger partial charge in [-0.25, -0.2) is 8.42 Å². The number of fused-ring (bicyclic) bond motifs is 1. The number of rotatable bonds is 6. The Balaban J connectivity index is 1.60. The number of benzene rings is 2. The molecule has 0 aliphatic carbocycles. The second-order valence-electron chi connectivity index (χ2n) is 6.76. The number of amides is 1. The first-order chi connectivity index (χ1) is 14.8. The molecule has 10 nitrogen and oxygen atoms in total. The summed E-state index contributed by atoms with van der Waals surface area (Å²) in [6.45, 7) is 0.941. The third-order valence-electron chi connectivity index (χ3n) is 4.47. The number of nitrogens with zero attached hydrogens (tertiary/aromatic N) is 1. The topological polar surface area (TPSA) is 132 Å². The van der Waals surface area contributed by atoms with E-state index in [2.05, 4.69) is 20.2 Å². The molecule has 11 heteroatoms. The summed E-state index contributed by atoms with van der Waals surface area (Å²) in [5.41, 5.74) is 2.12. The Morgan fingerprint density at radius 2 is 1.90 bits per heavy atom. The number of nitrogens with one attached hydrogen (secondary N) is 3. The Morgan fingerprint density at radius 1 is 1.13 bits per heavy atom. The van der Waals surface area contributed by atoms with Crippen molar-refractivity contribution < 1.29 is 27.4 Å². The predicted molar refractivity (Wildman–Crippen MR) is 114 cm³/mol. The van der Waals surface area contributed by atoms with E-state index in [4.69, 9.17) is 14.2 Å². The van der Waals surface area contributed by atoms with Crippen molar-refractivity contribution in [3.05, 3.63) is 48.2 Å². The molecule has 0 atom stereocenters. The molecule has 1 aliphatic rings. The maximum Gasteiger partial charge on any atom is 0.259 e. The van der Waals surface area contributed by atoms with E-state index < -0.39 is 15.9 Å². The van der Waals surface area contributed by atoms with Gasteiger partial charge >= 0.3 is 0 Å². The summed E-state index contributed by atoms with van der Waals surface area (Å²) in [4.78, 5) is 12.9. The number of ether oxygens (including phenoxy) is 3. The molecule has 4 rings (SSSR count). The van der Waals surface area contributed by atoms with Gasteiger partial charge in [0.25, 0.3) is 5.91 Å². The minimum Gasteiger partial charge on any atom is -0.495 e. The van der Waals surface area contributed by atoms with E-state index in [0.717, 1.165) is 6.26 Å². The van der Waals surface area contributed by atoms with Crippen molar-refractivity contribution >= 4 is 27.3 Å². The van der Waals surface area contributed by atoms with E-state index in [1.807, 2.05) is 0 Å². The molecule has 1 amide bonds. The van der Waals surface area contributed by atoms with Gasteiger partial charge in [-0.3, -0.25) is 14.6 Å². The Morgan fingerprint density at radius 3 is 2.65 bits per heavy atom. The average Bonchev–Trinajstić information content (AvgIpc) is 3.22. The van der Waals surface area contributed by atoms with Gasteiger partial charge in [-0.05, 0) is 36.4 Å². The van der Waals surface area contributed by atoms with Gasteiger partial charge in [0.15, 0.2) is 11.5 Å². The third-order valence-corrected chi connectivity index (χ3v) is 5.06. The number of H-pyrrole nitrogens is 1. The zero-order chi connectivity index (χ0) is 22.0. The van der Waals surface area contributed by atoms with Crippen molar-refractivity contribution in [3.8, 4) is 28.5 Å². The summed E-state index contributed by atoms with van der Waals surface area (Å²) in [5.74, 6) is 1.14. The van der Waals surface area contributed by atoms with E-state index >= 15 is 0 Å². The Bertz CT molecular complexity index is 1240. The van der Waals surface area contributed by atoms with Crippen LogP contribution in [0.5, 0.6) is 17.2 Å². The van der Waals surface area contributed by atoms with Crippen LogP contribution in [-0.2, 0) is 10.0 Å². The van der Waals surface area contributed by atoms with Gasteiger partial charge in [0, 0.05) is 11.3 Å². The highest BCUT2D eigenvalue weighted by Crippen LogP contribution is 2.35. The summed E-state index contributed by atoms with van der Waals surface area (Å²) >= 11 is 0. The van der Waals surface area contributed by atoms with Gasteiger partial charge in [0.1, 0.15) is 19.0 Å². The first kappa shape index (κ1) is 20.5. The molecule has 1 aliphatic heterocycles. The first-order valence-electron chi connectivity index (χ1n) is 9.24. The highest BCUT2D eigenvalue weighted by Gasteiger charge is 2.19. The van der Waals surface area contributed by atoms with Gasteiger partial charge < -0.3 is 19.5 Å². The second-order valence-corrected chi connectivity index (χ2v) is 8.51. The minimum atomic E-state index is -3.53. The van der Waals surface area contributed by atoms with Crippen LogP contribution in [-0.4, -0.2) is 51.1 Å². The molecule has 2 aromatic carbocycles. The highest BCUT2D eigenvalue weighted by molar-refractivity contribution is 7.92. The second kappa shape index (κ2) is 8.19. The number of hydrogen-bond acceptors (Lipinski definition) is 7. The van der Waals surface area contributed by atoms with Crippen LogP contribution in [0.25, 0.3) is 11.3 Å². The summed E-state index contributed by atoms with van der Waals surface area (Å²) in [5, 5.41) is 9.58. The molecule has 0 spiro atoms. The molecule has 3 N–H and O–H groups in total. The molecule has 3 aromatic rings. The van der Waals surface area contributed by atoms with E-state index in [0.29, 0.717) is 53.0 Å². The van der Waals surface area contributed by atoms with Crippen LogP contribution in [0.2, 0.25) is 0 Å². The first-order valence-corrected chi connectivity index (χ1v) is 11.1. The van der Waals surface area contributed by atoms with Gasteiger partial charge in [0.2, 0.25) is 10.0 Å². The van der Waals surface area contributed by atoms with Crippen LogP contribution >= 0.6 is 0 Å². The van der Waals surface area contributed by atoms with Crippen molar-refractivity contribution in [2.45, 2.75) is 0 Å². The number of carbonyl (C=O) groups excluding carboxylic acids is 1. The Hall–Kier alpha value is -3.73. The summed E-state index contributed by atoms with van der Waals surface area (Å²) < 4.78 is 41.9. The fourth-order valence-electron chi connectivity index (χ4n) is 3.14. The smallest absolute Gasteiger partial charge is 0.259 e. The van der Waals surface area contributed by atoms with Crippen LogP contribution in [0.3, 0.4) is 0 Å². The number of anilines is 2. The molecule has 162 valence electrons. The number of methoxy groups -OCH3 is 1. The van der Waals surface area contributed by atoms with Gasteiger partial charge in [-0.15, -0.1) is 0 Å². The molecule has 0 saturated carbocycles. The lowest BCUT2D eigenvalue weighted by Gasteiger charge is -2.18. The summed E-state index contributed by atoms with van der Waals surface area (Å²) in [6.07, 6.45) is 2.45. The number of hydrogen-bond donors (Lipinski definition) is 3. The molecular formula is C20H20N4O6S. The number of aromatic nitrogens is 2. The Labute approximate surface area is 178 Å². The normalized spacial score (nSPS) is 12.8. The standard InChI is InChI=1S/C20H20N4O6S/c1-28-16-6-4-13(10-15(16)24-31(2,26)27)22-20(25)14-11-21-23-19(14)12-3-5-17-18(9-12)30-8-7-29-17/h3-6,9-11,24H,7-8H2,1-2H3,(H,21,23)(H,22,25). The molecule has 0 unspecified atom stereocenters. The van der Waals surface area contributed by atoms with Crippen LogP contribution in [0.15, 0.2) is 42.6 Å². The molecule has 0 bridgehead atoms. The molecule has 0 fully saturated rings. The van der Waals surface area contributed by atoms with Crippen LogP contribution in [0, 0.1) is 0 Å². The van der Waals surface area contributed by atoms with E-state index in [9.17, 15) is 13.2 Å². The van der Waals surface area contributed by atoms with E-state index in [1.165, 1.54) is 19.4 Å². The zero-order valence-electron chi connectivity index (χ0n) is 16.8. The monoisotopic (exact) mass is 444 g/mol. The molecule has 31 heavy (non-hydrogen) atoms. The zero-order valence-corrected chi connectivity index (χ0v) is 17.6. The van der Waals surface area contributed by atoms with Gasteiger partial charge in [-0.2, -0.15) is 5.10 Å². The molecular weight excluding hydrogens is 424 g/mol. The number of carbonyl (C=O) groups is 1. The van der Waals surface area contributed by atoms with E-state index in [1.54, 1.807) is 30.3 Å². The van der Waals surface area contributed by atoms with Crippen molar-refractivity contribution in [1.29, 1.82) is 0 Å². The van der Waals surface area contributed by atoms with E-state index in [-0.39, 0.29) is 5.69 Å². The maximum atomic E-state index is 12.9. The Kier molecular flexibility index (Phi) is 5.42. The lowest BCUT2D eigenvalue weighted by atomic mass is 10.1. The van der Waals surface area contributed by atoms with Crippen LogP contribution < -0.4 is 24.2 Å².